The van der Waals surface area contributed by atoms with E-state index in [1.165, 1.54) is 31.0 Å². The molecule has 0 fully saturated rings. The molecule has 1 atom stereocenters. The maximum Gasteiger partial charge on any atom is 0.433 e. The minimum absolute atomic E-state index is 0.0312. The molecule has 3 aromatic carbocycles. The fourth-order valence-corrected chi connectivity index (χ4v) is 6.80. The first-order valence-electron chi connectivity index (χ1n) is 14.9. The third-order valence-corrected chi connectivity index (χ3v) is 9.44. The van der Waals surface area contributed by atoms with Crippen LogP contribution in [0, 0.1) is 11.6 Å². The third-order valence-electron chi connectivity index (χ3n) is 8.02. The molecule has 6 aromatic rings. The zero-order valence-corrected chi connectivity index (χ0v) is 28.5. The number of rotatable bonds is 9. The Morgan fingerprint density at radius 2 is 1.65 bits per heavy atom. The van der Waals surface area contributed by atoms with Gasteiger partial charge in [-0.05, 0) is 66.1 Å². The van der Waals surface area contributed by atoms with Gasteiger partial charge in [-0.1, -0.05) is 23.7 Å². The molecule has 3 aromatic heterocycles. The molecule has 0 radical (unpaired) electrons. The number of methoxy groups -OCH3 is 1. The van der Waals surface area contributed by atoms with Crippen LogP contribution in [-0.4, -0.2) is 46.1 Å². The van der Waals surface area contributed by atoms with Crippen LogP contribution in [0.3, 0.4) is 0 Å². The highest BCUT2D eigenvalue weighted by atomic mass is 35.5. The summed E-state index contributed by atoms with van der Waals surface area (Å²) in [4.78, 5) is 22.1. The van der Waals surface area contributed by atoms with E-state index in [0.29, 0.717) is 23.4 Å². The number of benzene rings is 3. The number of anilines is 1. The Bertz CT molecular complexity index is 2470. The number of hydrogen-bond acceptors (Lipinski definition) is 8. The van der Waals surface area contributed by atoms with Crippen molar-refractivity contribution in [3.05, 3.63) is 116 Å². The third kappa shape index (κ3) is 6.96. The number of halogens is 6. The Hall–Kier alpha value is -5.13. The van der Waals surface area contributed by atoms with Crippen molar-refractivity contribution in [1.29, 1.82) is 0 Å². The molecule has 3 heterocycles. The zero-order valence-electron chi connectivity index (χ0n) is 26.9. The van der Waals surface area contributed by atoms with Gasteiger partial charge in [0.05, 0.1) is 53.0 Å². The molecule has 0 amide bonds. The number of nitrogens with zero attached hydrogens (tertiary/aromatic N) is 6. The second kappa shape index (κ2) is 13.2. The largest absolute Gasteiger partial charge is 0.497 e. The molecule has 0 aliphatic rings. The summed E-state index contributed by atoms with van der Waals surface area (Å²) in [6, 6.07) is 12.4. The van der Waals surface area contributed by atoms with Gasteiger partial charge in [0.1, 0.15) is 28.9 Å². The van der Waals surface area contributed by atoms with E-state index in [9.17, 15) is 35.2 Å². The number of sulfonamides is 1. The van der Waals surface area contributed by atoms with E-state index in [4.69, 9.17) is 22.1 Å². The molecule has 2 N–H and O–H groups in total. The molecule has 0 aliphatic carbocycles. The topological polar surface area (TPSA) is 138 Å². The molecular weight excluding hydrogens is 721 g/mol. The summed E-state index contributed by atoms with van der Waals surface area (Å²) >= 11 is 6.70. The highest BCUT2D eigenvalue weighted by Crippen LogP contribution is 2.38. The summed E-state index contributed by atoms with van der Waals surface area (Å²) in [5.41, 5.74) is 4.57. The van der Waals surface area contributed by atoms with E-state index < -0.39 is 50.8 Å². The summed E-state index contributed by atoms with van der Waals surface area (Å²) in [6.45, 7) is -0.166. The summed E-state index contributed by atoms with van der Waals surface area (Å²) in [7, 11) is -1.05. The van der Waals surface area contributed by atoms with Crippen molar-refractivity contribution in [2.24, 2.45) is 12.8 Å². The number of fused-ring (bicyclic) bond motifs is 2. The van der Waals surface area contributed by atoms with Crippen LogP contribution in [0.4, 0.5) is 27.8 Å². The molecule has 0 unspecified atom stereocenters. The highest BCUT2D eigenvalue weighted by molar-refractivity contribution is 7.92. The fourth-order valence-electron chi connectivity index (χ4n) is 5.74. The zero-order chi connectivity index (χ0) is 37.0. The molecular formula is C33H27ClF5N7O4S. The van der Waals surface area contributed by atoms with Gasteiger partial charge in [-0.2, -0.15) is 18.3 Å². The molecule has 6 rings (SSSR count). The average molecular weight is 748 g/mol. The number of nitrogens with two attached hydrogens (primary N) is 1. The first-order chi connectivity index (χ1) is 24.0. The van der Waals surface area contributed by atoms with Gasteiger partial charge in [0.15, 0.2) is 11.5 Å². The Kier molecular flexibility index (Phi) is 9.24. The van der Waals surface area contributed by atoms with Crippen molar-refractivity contribution in [1.82, 2.24) is 24.3 Å². The van der Waals surface area contributed by atoms with Crippen molar-refractivity contribution in [3.8, 4) is 11.4 Å². The van der Waals surface area contributed by atoms with Gasteiger partial charge < -0.3 is 10.5 Å². The molecule has 0 spiro atoms. The maximum absolute atomic E-state index is 14.3. The minimum atomic E-state index is -4.86. The molecule has 0 saturated heterocycles. The lowest BCUT2D eigenvalue weighted by Crippen LogP contribution is -2.30. The van der Waals surface area contributed by atoms with E-state index in [2.05, 4.69) is 15.1 Å². The fraction of sp³-hybridized carbons (Fsp3) is 0.212. The van der Waals surface area contributed by atoms with Gasteiger partial charge in [0.2, 0.25) is 10.0 Å². The summed E-state index contributed by atoms with van der Waals surface area (Å²) in [5.74, 6) is -1.64. The van der Waals surface area contributed by atoms with Crippen LogP contribution in [0.1, 0.15) is 28.7 Å². The van der Waals surface area contributed by atoms with Crippen LogP contribution in [0.15, 0.2) is 71.5 Å². The average Bonchev–Trinajstić information content (AvgIpc) is 3.40. The van der Waals surface area contributed by atoms with Crippen LogP contribution in [0.5, 0.6) is 5.75 Å². The Balaban J connectivity index is 1.60. The van der Waals surface area contributed by atoms with E-state index in [-0.39, 0.29) is 57.2 Å². The summed E-state index contributed by atoms with van der Waals surface area (Å²) in [5, 5.41) is 4.35. The Labute approximate surface area is 291 Å². The molecule has 266 valence electrons. The first-order valence-corrected chi connectivity index (χ1v) is 17.2. The second-order valence-electron chi connectivity index (χ2n) is 11.6. The van der Waals surface area contributed by atoms with Crippen LogP contribution in [0.25, 0.3) is 27.6 Å². The SMILES string of the molecule is COc1ccc(CN(c2nn(C)c3c(-n4c([C@@H](N)Cc5cc(F)cc(F)c5)nc5nc(C(F)(F)F)ccc5c4=O)ccc(Cl)c23)S(C)(=O)=O)cc1. The lowest BCUT2D eigenvalue weighted by atomic mass is 10.0. The molecule has 51 heavy (non-hydrogen) atoms. The monoisotopic (exact) mass is 747 g/mol. The van der Waals surface area contributed by atoms with Crippen LogP contribution >= 0.6 is 11.6 Å². The summed E-state index contributed by atoms with van der Waals surface area (Å²) < 4.78 is 104. The number of aromatic nitrogens is 5. The second-order valence-corrected chi connectivity index (χ2v) is 13.9. The van der Waals surface area contributed by atoms with Crippen LogP contribution < -0.4 is 20.3 Å². The van der Waals surface area contributed by atoms with Crippen molar-refractivity contribution in [3.63, 3.8) is 0 Å². The molecule has 11 nitrogen and oxygen atoms in total. The van der Waals surface area contributed by atoms with E-state index in [0.717, 1.165) is 33.3 Å². The number of ether oxygens (including phenoxy) is 1. The lowest BCUT2D eigenvalue weighted by molar-refractivity contribution is -0.141. The van der Waals surface area contributed by atoms with E-state index in [1.807, 2.05) is 0 Å². The van der Waals surface area contributed by atoms with E-state index >= 15 is 0 Å². The Morgan fingerprint density at radius 3 is 2.25 bits per heavy atom. The van der Waals surface area contributed by atoms with Crippen LogP contribution in [-0.2, 0) is 36.2 Å². The van der Waals surface area contributed by atoms with Crippen molar-refractivity contribution in [2.45, 2.75) is 25.2 Å². The van der Waals surface area contributed by atoms with Gasteiger partial charge in [-0.3, -0.25) is 14.0 Å². The normalized spacial score (nSPS) is 12.8. The van der Waals surface area contributed by atoms with Crippen molar-refractivity contribution in [2.75, 3.05) is 17.7 Å². The van der Waals surface area contributed by atoms with Gasteiger partial charge in [0, 0.05) is 13.1 Å². The number of alkyl halides is 3. The van der Waals surface area contributed by atoms with Crippen LogP contribution in [0.2, 0.25) is 5.02 Å². The predicted molar refractivity (Wildman–Crippen MR) is 180 cm³/mol. The van der Waals surface area contributed by atoms with Crippen molar-refractivity contribution < 1.29 is 35.1 Å². The number of aryl methyl sites for hydroxylation is 1. The molecule has 0 bridgehead atoms. The summed E-state index contributed by atoms with van der Waals surface area (Å²) in [6.07, 6.45) is -4.18. The van der Waals surface area contributed by atoms with Gasteiger partial charge in [-0.15, -0.1) is 0 Å². The van der Waals surface area contributed by atoms with Gasteiger partial charge >= 0.3 is 6.18 Å². The first kappa shape index (κ1) is 35.7. The van der Waals surface area contributed by atoms with Crippen molar-refractivity contribution >= 4 is 49.4 Å². The number of pyridine rings is 1. The van der Waals surface area contributed by atoms with E-state index in [1.54, 1.807) is 24.3 Å². The van der Waals surface area contributed by atoms with Gasteiger partial charge in [0.25, 0.3) is 5.56 Å². The molecule has 18 heteroatoms. The molecule has 0 saturated carbocycles. The van der Waals surface area contributed by atoms with Gasteiger partial charge in [-0.25, -0.2) is 31.5 Å². The minimum Gasteiger partial charge on any atom is -0.497 e. The molecule has 0 aliphatic heterocycles. The Morgan fingerprint density at radius 1 is 0.980 bits per heavy atom. The quantitative estimate of drug-likeness (QED) is 0.182. The lowest BCUT2D eigenvalue weighted by Gasteiger charge is -2.21. The smallest absolute Gasteiger partial charge is 0.433 e. The predicted octanol–water partition coefficient (Wildman–Crippen LogP) is 5.84. The highest BCUT2D eigenvalue weighted by Gasteiger charge is 2.34. The number of hydrogen-bond donors (Lipinski definition) is 1. The maximum atomic E-state index is 14.3. The standard InChI is InChI=1S/C33H27ClF5N7O4S/c1-44-28-25(10-9-23(34)27(28)31(43-44)45(51(3,48)49)16-17-4-6-21(50-2)7-5-17)46-30(24(40)14-18-12-19(35)15-20(36)13-18)42-29-22(32(46)47)8-11-26(41-29)33(37,38)39/h4-13,15,24H,14,16,40H2,1-3H3/t24-/m0/s1.